The van der Waals surface area contributed by atoms with Crippen LogP contribution < -0.4 is 11.1 Å². The van der Waals surface area contributed by atoms with E-state index in [1.54, 1.807) is 0 Å². The molecule has 4 heteroatoms. The number of halogens is 1. The Hall–Kier alpha value is -1.68. The zero-order valence-electron chi connectivity index (χ0n) is 11.6. The Morgan fingerprint density at radius 1 is 1.45 bits per heavy atom. The summed E-state index contributed by atoms with van der Waals surface area (Å²) in [5.41, 5.74) is 10.1. The van der Waals surface area contributed by atoms with Crippen molar-refractivity contribution in [2.45, 2.75) is 26.2 Å². The molecule has 106 valence electrons. The third-order valence-electron chi connectivity index (χ3n) is 3.68. The zero-order valence-corrected chi connectivity index (χ0v) is 12.4. The van der Waals surface area contributed by atoms with E-state index in [0.29, 0.717) is 5.92 Å². The lowest BCUT2D eigenvalue weighted by molar-refractivity contribution is 0.622. The van der Waals surface area contributed by atoms with E-state index in [4.69, 9.17) is 18.0 Å². The average Bonchev–Trinajstić information content (AvgIpc) is 2.71. The fourth-order valence-electron chi connectivity index (χ4n) is 2.86. The summed E-state index contributed by atoms with van der Waals surface area (Å²) in [4.78, 5) is 0. The first-order valence-corrected chi connectivity index (χ1v) is 7.08. The highest BCUT2D eigenvalue weighted by molar-refractivity contribution is 7.80. The lowest BCUT2D eigenvalue weighted by Crippen LogP contribution is -2.28. The molecule has 3 N–H and O–H groups in total. The van der Waals surface area contributed by atoms with Gasteiger partial charge in [0.2, 0.25) is 0 Å². The van der Waals surface area contributed by atoms with E-state index >= 15 is 0 Å². The molecule has 0 bridgehead atoms. The van der Waals surface area contributed by atoms with E-state index in [0.717, 1.165) is 30.5 Å². The second-order valence-electron chi connectivity index (χ2n) is 5.23. The van der Waals surface area contributed by atoms with Crippen molar-refractivity contribution in [2.24, 2.45) is 11.7 Å². The molecule has 0 heterocycles. The standard InChI is InChI=1S/C16H19FN2S/c1-10-3-4-13(9-11(2)19-16(18)20)15(10)12-5-7-14(17)8-6-12/h5-8,13H,2-4,9H2,1H3,(H3,18,19,20). The molecule has 2 rings (SSSR count). The van der Waals surface area contributed by atoms with Crippen molar-refractivity contribution in [3.8, 4) is 0 Å². The van der Waals surface area contributed by atoms with Crippen molar-refractivity contribution in [3.63, 3.8) is 0 Å². The van der Waals surface area contributed by atoms with E-state index in [1.165, 1.54) is 23.3 Å². The Morgan fingerprint density at radius 2 is 2.10 bits per heavy atom. The number of allylic oxidation sites excluding steroid dienone is 3. The molecule has 1 aromatic carbocycles. The zero-order chi connectivity index (χ0) is 14.7. The van der Waals surface area contributed by atoms with Gasteiger partial charge in [-0.1, -0.05) is 24.3 Å². The lowest BCUT2D eigenvalue weighted by atomic mass is 9.90. The largest absolute Gasteiger partial charge is 0.376 e. The number of rotatable bonds is 4. The predicted molar refractivity (Wildman–Crippen MR) is 85.4 cm³/mol. The van der Waals surface area contributed by atoms with E-state index in [-0.39, 0.29) is 10.9 Å². The van der Waals surface area contributed by atoms with Gasteiger partial charge in [-0.15, -0.1) is 0 Å². The van der Waals surface area contributed by atoms with Crippen LogP contribution in [0.2, 0.25) is 0 Å². The third kappa shape index (κ3) is 3.45. The highest BCUT2D eigenvalue weighted by Gasteiger charge is 2.25. The van der Waals surface area contributed by atoms with E-state index in [1.807, 2.05) is 12.1 Å². The molecule has 20 heavy (non-hydrogen) atoms. The maximum atomic E-state index is 13.1. The van der Waals surface area contributed by atoms with Gasteiger partial charge in [0.25, 0.3) is 0 Å². The maximum Gasteiger partial charge on any atom is 0.167 e. The van der Waals surface area contributed by atoms with E-state index in [2.05, 4.69) is 18.8 Å². The summed E-state index contributed by atoms with van der Waals surface area (Å²) in [5.74, 6) is 0.177. The Kier molecular flexibility index (Phi) is 4.55. The van der Waals surface area contributed by atoms with Gasteiger partial charge in [-0.05, 0) is 67.6 Å². The Bertz CT molecular complexity index is 560. The molecular weight excluding hydrogens is 271 g/mol. The Labute approximate surface area is 124 Å². The number of nitrogens with one attached hydrogen (secondary N) is 1. The monoisotopic (exact) mass is 290 g/mol. The normalized spacial score (nSPS) is 18.2. The van der Waals surface area contributed by atoms with Crippen LogP contribution in [0.3, 0.4) is 0 Å². The summed E-state index contributed by atoms with van der Waals surface area (Å²) in [6.45, 7) is 6.11. The summed E-state index contributed by atoms with van der Waals surface area (Å²) >= 11 is 4.83. The van der Waals surface area contributed by atoms with Crippen LogP contribution >= 0.6 is 12.2 Å². The SMILES string of the molecule is C=C(CC1CCC(C)=C1c1ccc(F)cc1)NC(N)=S. The molecule has 0 saturated heterocycles. The first-order valence-electron chi connectivity index (χ1n) is 6.67. The van der Waals surface area contributed by atoms with Gasteiger partial charge in [-0.2, -0.15) is 0 Å². The minimum atomic E-state index is -0.207. The van der Waals surface area contributed by atoms with Gasteiger partial charge in [0.1, 0.15) is 5.82 Å². The minimum absolute atomic E-state index is 0.207. The number of benzene rings is 1. The summed E-state index contributed by atoms with van der Waals surface area (Å²) in [7, 11) is 0. The van der Waals surface area contributed by atoms with Gasteiger partial charge in [0.05, 0.1) is 0 Å². The van der Waals surface area contributed by atoms with Crippen LogP contribution in [0.4, 0.5) is 4.39 Å². The van der Waals surface area contributed by atoms with Gasteiger partial charge >= 0.3 is 0 Å². The van der Waals surface area contributed by atoms with Crippen LogP contribution in [0.5, 0.6) is 0 Å². The molecule has 0 aromatic heterocycles. The fraction of sp³-hybridized carbons (Fsp3) is 0.312. The second kappa shape index (κ2) is 6.18. The predicted octanol–water partition coefficient (Wildman–Crippen LogP) is 3.75. The first-order chi connectivity index (χ1) is 9.47. The van der Waals surface area contributed by atoms with Crippen LogP contribution in [-0.4, -0.2) is 5.11 Å². The summed E-state index contributed by atoms with van der Waals surface area (Å²) in [5, 5.41) is 3.15. The van der Waals surface area contributed by atoms with Crippen LogP contribution in [0.1, 0.15) is 31.7 Å². The number of hydrogen-bond donors (Lipinski definition) is 2. The van der Waals surface area contributed by atoms with Crippen LogP contribution in [0.25, 0.3) is 5.57 Å². The van der Waals surface area contributed by atoms with Crippen molar-refractivity contribution in [2.75, 3.05) is 0 Å². The first kappa shape index (κ1) is 14.7. The molecule has 0 fully saturated rings. The molecule has 0 saturated carbocycles. The van der Waals surface area contributed by atoms with Crippen molar-refractivity contribution in [1.82, 2.24) is 5.32 Å². The second-order valence-corrected chi connectivity index (χ2v) is 5.67. The highest BCUT2D eigenvalue weighted by atomic mass is 32.1. The lowest BCUT2D eigenvalue weighted by Gasteiger charge is -2.18. The van der Waals surface area contributed by atoms with E-state index in [9.17, 15) is 4.39 Å². The average molecular weight is 290 g/mol. The molecule has 0 amide bonds. The van der Waals surface area contributed by atoms with Crippen molar-refractivity contribution in [1.29, 1.82) is 0 Å². The molecule has 0 spiro atoms. The number of nitrogens with two attached hydrogens (primary N) is 1. The molecule has 1 atom stereocenters. The van der Waals surface area contributed by atoms with Crippen LogP contribution in [-0.2, 0) is 0 Å². The molecule has 2 nitrogen and oxygen atoms in total. The molecular formula is C16H19FN2S. The van der Waals surface area contributed by atoms with Gasteiger partial charge in [0.15, 0.2) is 5.11 Å². The molecule has 1 unspecified atom stereocenters. The number of thiocarbonyl (C=S) groups is 1. The molecule has 1 aliphatic carbocycles. The van der Waals surface area contributed by atoms with Crippen molar-refractivity contribution in [3.05, 3.63) is 53.5 Å². The van der Waals surface area contributed by atoms with Gasteiger partial charge in [-0.25, -0.2) is 4.39 Å². The maximum absolute atomic E-state index is 13.1. The van der Waals surface area contributed by atoms with Crippen LogP contribution in [0.15, 0.2) is 42.1 Å². The molecule has 1 aliphatic rings. The van der Waals surface area contributed by atoms with Crippen LogP contribution in [0, 0.1) is 11.7 Å². The topological polar surface area (TPSA) is 38.0 Å². The van der Waals surface area contributed by atoms with Gasteiger partial charge in [0, 0.05) is 5.70 Å². The summed E-state index contributed by atoms with van der Waals surface area (Å²) in [6, 6.07) is 6.70. The molecule has 0 radical (unpaired) electrons. The summed E-state index contributed by atoms with van der Waals surface area (Å²) in [6.07, 6.45) is 2.94. The highest BCUT2D eigenvalue weighted by Crippen LogP contribution is 2.41. The fourth-order valence-corrected chi connectivity index (χ4v) is 3.00. The van der Waals surface area contributed by atoms with Crippen molar-refractivity contribution >= 4 is 22.9 Å². The van der Waals surface area contributed by atoms with E-state index < -0.39 is 0 Å². The van der Waals surface area contributed by atoms with Gasteiger partial charge < -0.3 is 11.1 Å². The summed E-state index contributed by atoms with van der Waals surface area (Å²) < 4.78 is 13.1. The van der Waals surface area contributed by atoms with Gasteiger partial charge in [-0.3, -0.25) is 0 Å². The molecule has 0 aliphatic heterocycles. The minimum Gasteiger partial charge on any atom is -0.376 e. The smallest absolute Gasteiger partial charge is 0.167 e. The molecule has 1 aromatic rings. The Balaban J connectivity index is 2.17. The Morgan fingerprint density at radius 3 is 2.70 bits per heavy atom. The number of hydrogen-bond acceptors (Lipinski definition) is 1. The third-order valence-corrected chi connectivity index (χ3v) is 3.79. The quantitative estimate of drug-likeness (QED) is 0.830. The van der Waals surface area contributed by atoms with Crippen molar-refractivity contribution < 1.29 is 4.39 Å².